The molecule has 0 aromatic heterocycles. The fourth-order valence-electron chi connectivity index (χ4n) is 6.20. The summed E-state index contributed by atoms with van der Waals surface area (Å²) in [5.74, 6) is 2.08. The van der Waals surface area contributed by atoms with Crippen molar-refractivity contribution in [2.45, 2.75) is 99.3 Å². The molecule has 0 bridgehead atoms. The standard InChI is InChI=1S/C34H42N2O/c1-32(2,3)30-18-25(28(21-35)22-36)17-29(37-30)11-10-23-15-26-19-33(4,5)13-8-9-24-12-14-34(6,7)20-27(16-23)31(24)26/h10-11,15-18,24H,8-9,12-14,19-20H2,1-7H3/b11-10+. The van der Waals surface area contributed by atoms with Gasteiger partial charge in [0.05, 0.1) is 0 Å². The molecule has 1 heterocycles. The second-order valence-electron chi connectivity index (χ2n) is 13.9. The minimum absolute atomic E-state index is 0.105. The summed E-state index contributed by atoms with van der Waals surface area (Å²) in [4.78, 5) is 0. The number of ether oxygens (including phenoxy) is 1. The number of rotatable bonds is 2. The van der Waals surface area contributed by atoms with Gasteiger partial charge in [0.15, 0.2) is 0 Å². The average molecular weight is 495 g/mol. The molecule has 0 saturated carbocycles. The van der Waals surface area contributed by atoms with Crippen LogP contribution in [0.5, 0.6) is 0 Å². The Morgan fingerprint density at radius 2 is 1.54 bits per heavy atom. The number of benzene rings is 1. The minimum Gasteiger partial charge on any atom is -0.461 e. The Hall–Kier alpha value is -3.04. The van der Waals surface area contributed by atoms with E-state index in [1.807, 2.05) is 24.3 Å². The quantitative estimate of drug-likeness (QED) is 0.385. The molecule has 4 rings (SSSR count). The molecular formula is C34H42N2O. The van der Waals surface area contributed by atoms with E-state index in [0.717, 1.165) is 18.6 Å². The molecule has 37 heavy (non-hydrogen) atoms. The van der Waals surface area contributed by atoms with Crippen molar-refractivity contribution in [1.82, 2.24) is 0 Å². The predicted molar refractivity (Wildman–Crippen MR) is 151 cm³/mol. The lowest BCUT2D eigenvalue weighted by molar-refractivity contribution is 0.223. The molecule has 1 aliphatic heterocycles. The molecule has 1 atom stereocenters. The number of nitriles is 2. The highest BCUT2D eigenvalue weighted by atomic mass is 16.5. The van der Waals surface area contributed by atoms with Gasteiger partial charge in [-0.2, -0.15) is 10.5 Å². The summed E-state index contributed by atoms with van der Waals surface area (Å²) in [7, 11) is 0. The summed E-state index contributed by atoms with van der Waals surface area (Å²) in [5.41, 5.74) is 6.96. The molecule has 3 heteroatoms. The molecule has 3 nitrogen and oxygen atoms in total. The Kier molecular flexibility index (Phi) is 7.32. The molecule has 1 unspecified atom stereocenters. The number of hydrogen-bond acceptors (Lipinski definition) is 3. The van der Waals surface area contributed by atoms with Crippen molar-refractivity contribution in [1.29, 1.82) is 10.5 Å². The second kappa shape index (κ2) is 10.0. The van der Waals surface area contributed by atoms with E-state index in [1.165, 1.54) is 48.8 Å². The maximum Gasteiger partial charge on any atom is 0.137 e. The van der Waals surface area contributed by atoms with E-state index in [9.17, 15) is 10.5 Å². The number of hydrogen-bond donors (Lipinski definition) is 0. The zero-order valence-electron chi connectivity index (χ0n) is 23.8. The normalized spacial score (nSPS) is 22.7. The first-order valence-corrected chi connectivity index (χ1v) is 13.8. The van der Waals surface area contributed by atoms with Crippen LogP contribution < -0.4 is 0 Å². The average Bonchev–Trinajstić information content (AvgIpc) is 2.91. The van der Waals surface area contributed by atoms with Gasteiger partial charge in [0, 0.05) is 11.0 Å². The third-order valence-electron chi connectivity index (χ3n) is 8.20. The van der Waals surface area contributed by atoms with Gasteiger partial charge in [0.1, 0.15) is 29.2 Å². The summed E-state index contributed by atoms with van der Waals surface area (Å²) in [5, 5.41) is 18.9. The van der Waals surface area contributed by atoms with Crippen molar-refractivity contribution in [2.75, 3.05) is 0 Å². The van der Waals surface area contributed by atoms with E-state index in [0.29, 0.717) is 28.1 Å². The Morgan fingerprint density at radius 1 is 0.919 bits per heavy atom. The smallest absolute Gasteiger partial charge is 0.137 e. The van der Waals surface area contributed by atoms with Gasteiger partial charge in [-0.05, 0) is 95.8 Å². The fraction of sp³-hybridized carbons (Fsp3) is 0.529. The van der Waals surface area contributed by atoms with Gasteiger partial charge in [0.25, 0.3) is 0 Å². The molecule has 0 spiro atoms. The molecule has 194 valence electrons. The number of allylic oxidation sites excluding steroid dienone is 6. The predicted octanol–water partition coefficient (Wildman–Crippen LogP) is 9.09. The van der Waals surface area contributed by atoms with Gasteiger partial charge < -0.3 is 4.74 Å². The van der Waals surface area contributed by atoms with E-state index in [2.05, 4.69) is 66.7 Å². The van der Waals surface area contributed by atoms with Crippen molar-refractivity contribution in [2.24, 2.45) is 16.2 Å². The summed E-state index contributed by atoms with van der Waals surface area (Å²) in [6, 6.07) is 8.87. The van der Waals surface area contributed by atoms with Crippen molar-refractivity contribution < 1.29 is 4.74 Å². The monoisotopic (exact) mass is 494 g/mol. The highest BCUT2D eigenvalue weighted by Crippen LogP contribution is 2.47. The Bertz CT molecular complexity index is 1260. The summed E-state index contributed by atoms with van der Waals surface area (Å²) in [6.07, 6.45) is 16.5. The van der Waals surface area contributed by atoms with Crippen molar-refractivity contribution in [3.63, 3.8) is 0 Å². The van der Waals surface area contributed by atoms with E-state index >= 15 is 0 Å². The largest absolute Gasteiger partial charge is 0.461 e. The molecule has 0 amide bonds. The SMILES string of the molecule is CC1(C)CCCC2CCC(C)(C)Cc3cc(/C=C/C4=CC(=C(C#N)C#N)C=C(C(C)(C)C)O4)cc(c32)C1. The fourth-order valence-corrected chi connectivity index (χ4v) is 6.20. The van der Waals surface area contributed by atoms with E-state index in [4.69, 9.17) is 4.74 Å². The molecule has 0 fully saturated rings. The third kappa shape index (κ3) is 6.27. The van der Waals surface area contributed by atoms with E-state index < -0.39 is 0 Å². The summed E-state index contributed by atoms with van der Waals surface area (Å²) in [6.45, 7) is 15.9. The van der Waals surface area contributed by atoms with Gasteiger partial charge in [-0.3, -0.25) is 0 Å². The Labute approximate surface area is 224 Å². The van der Waals surface area contributed by atoms with E-state index in [1.54, 1.807) is 11.6 Å². The van der Waals surface area contributed by atoms with E-state index in [-0.39, 0.29) is 11.0 Å². The number of nitrogens with zero attached hydrogens (tertiary/aromatic N) is 2. The molecule has 2 aliphatic carbocycles. The maximum atomic E-state index is 9.46. The Balaban J connectivity index is 1.77. The zero-order chi connectivity index (χ0) is 27.0. The molecule has 0 N–H and O–H groups in total. The van der Waals surface area contributed by atoms with Crippen LogP contribution in [0.25, 0.3) is 6.08 Å². The molecular weight excluding hydrogens is 452 g/mol. The van der Waals surface area contributed by atoms with Crippen LogP contribution in [0.1, 0.15) is 109 Å². The van der Waals surface area contributed by atoms with Gasteiger partial charge in [0.2, 0.25) is 0 Å². The van der Waals surface area contributed by atoms with Crippen LogP contribution in [0.2, 0.25) is 0 Å². The Morgan fingerprint density at radius 3 is 2.14 bits per heavy atom. The minimum atomic E-state index is -0.244. The molecule has 1 aromatic rings. The molecule has 3 aliphatic rings. The van der Waals surface area contributed by atoms with Crippen LogP contribution >= 0.6 is 0 Å². The highest BCUT2D eigenvalue weighted by Gasteiger charge is 2.33. The topological polar surface area (TPSA) is 56.8 Å². The van der Waals surface area contributed by atoms with Gasteiger partial charge in [-0.15, -0.1) is 0 Å². The summed E-state index contributed by atoms with van der Waals surface area (Å²) < 4.78 is 6.24. The van der Waals surface area contributed by atoms with Gasteiger partial charge in [-0.25, -0.2) is 0 Å². The molecule has 1 aromatic carbocycles. The van der Waals surface area contributed by atoms with Crippen LogP contribution in [0.3, 0.4) is 0 Å². The van der Waals surface area contributed by atoms with Crippen LogP contribution in [-0.2, 0) is 17.6 Å². The summed E-state index contributed by atoms with van der Waals surface area (Å²) >= 11 is 0. The molecule has 0 saturated heterocycles. The van der Waals surface area contributed by atoms with Gasteiger partial charge >= 0.3 is 0 Å². The first-order chi connectivity index (χ1) is 17.3. The van der Waals surface area contributed by atoms with Gasteiger partial charge in [-0.1, -0.05) is 73.1 Å². The van der Waals surface area contributed by atoms with Crippen molar-refractivity contribution >= 4 is 6.08 Å². The van der Waals surface area contributed by atoms with Crippen molar-refractivity contribution in [3.8, 4) is 12.1 Å². The van der Waals surface area contributed by atoms with Crippen LogP contribution in [0.15, 0.2) is 53.0 Å². The first-order valence-electron chi connectivity index (χ1n) is 13.8. The molecule has 0 radical (unpaired) electrons. The zero-order valence-corrected chi connectivity index (χ0v) is 23.8. The van der Waals surface area contributed by atoms with Crippen LogP contribution in [-0.4, -0.2) is 0 Å². The third-order valence-corrected chi connectivity index (χ3v) is 8.20. The second-order valence-corrected chi connectivity index (χ2v) is 13.9. The first kappa shape index (κ1) is 27.0. The highest BCUT2D eigenvalue weighted by molar-refractivity contribution is 5.60. The van der Waals surface area contributed by atoms with Crippen LogP contribution in [0, 0.1) is 38.9 Å². The van der Waals surface area contributed by atoms with Crippen molar-refractivity contribution in [3.05, 3.63) is 75.3 Å². The van der Waals surface area contributed by atoms with Crippen LogP contribution in [0.4, 0.5) is 0 Å². The lowest BCUT2D eigenvalue weighted by Crippen LogP contribution is -2.21. The lowest BCUT2D eigenvalue weighted by atomic mass is 9.72. The lowest BCUT2D eigenvalue weighted by Gasteiger charge is -2.33. The maximum absolute atomic E-state index is 9.46.